The highest BCUT2D eigenvalue weighted by Crippen LogP contribution is 2.39. The van der Waals surface area contributed by atoms with Gasteiger partial charge in [0.15, 0.2) is 11.5 Å². The third-order valence-corrected chi connectivity index (χ3v) is 10.4. The summed E-state index contributed by atoms with van der Waals surface area (Å²) in [6, 6.07) is 10.00. The molecule has 0 aliphatic carbocycles. The molecule has 5 heterocycles. The Kier molecular flexibility index (Phi) is 8.46. The SMILES string of the molecule is COC(=O)NC(C(=O)N1CN(C(=O)N2Cc3cc4c(cc3C2)OCO4)C[C@H]1c1nc(-c2ccc(B3OC(C)(C)C(C)(C)O3)cc2)c[nH]1)C(C)C. The molecule has 0 radical (unpaired) electrons. The lowest BCUT2D eigenvalue weighted by molar-refractivity contribution is -0.135. The van der Waals surface area contributed by atoms with Crippen LogP contribution >= 0.6 is 0 Å². The number of fused-ring (bicyclic) bond motifs is 2. The van der Waals surface area contributed by atoms with Gasteiger partial charge in [0.1, 0.15) is 17.9 Å². The Morgan fingerprint density at radius 3 is 2.18 bits per heavy atom. The molecule has 4 aliphatic rings. The number of carbonyl (C=O) groups excluding carboxylic acids is 3. The highest BCUT2D eigenvalue weighted by Gasteiger charge is 2.51. The zero-order valence-corrected chi connectivity index (χ0v) is 29.4. The summed E-state index contributed by atoms with van der Waals surface area (Å²) in [5.41, 5.74) is 3.53. The van der Waals surface area contributed by atoms with Crippen molar-refractivity contribution in [1.82, 2.24) is 30.0 Å². The smallest absolute Gasteiger partial charge is 0.454 e. The van der Waals surface area contributed by atoms with Crippen LogP contribution in [0, 0.1) is 5.92 Å². The normalized spacial score (nSPS) is 20.8. The summed E-state index contributed by atoms with van der Waals surface area (Å²) in [7, 11) is 0.771. The Morgan fingerprint density at radius 1 is 0.980 bits per heavy atom. The van der Waals surface area contributed by atoms with Crippen molar-refractivity contribution in [2.24, 2.45) is 5.92 Å². The average molecular weight is 687 g/mol. The van der Waals surface area contributed by atoms with Crippen LogP contribution in [-0.2, 0) is 31.9 Å². The largest absolute Gasteiger partial charge is 0.494 e. The molecule has 4 aliphatic heterocycles. The van der Waals surface area contributed by atoms with Crippen LogP contribution in [0.3, 0.4) is 0 Å². The number of rotatable bonds is 6. The molecule has 0 bridgehead atoms. The van der Waals surface area contributed by atoms with Crippen molar-refractivity contribution in [2.75, 3.05) is 27.1 Å². The summed E-state index contributed by atoms with van der Waals surface area (Å²) in [6.45, 7) is 13.0. The van der Waals surface area contributed by atoms with Crippen LogP contribution in [0.2, 0.25) is 0 Å². The Hall–Kier alpha value is -4.76. The minimum absolute atomic E-state index is 0.0167. The molecule has 0 saturated carbocycles. The molecule has 2 atom stereocenters. The van der Waals surface area contributed by atoms with Crippen molar-refractivity contribution in [1.29, 1.82) is 0 Å². The third kappa shape index (κ3) is 6.02. The number of aromatic nitrogens is 2. The van der Waals surface area contributed by atoms with E-state index in [1.54, 1.807) is 20.9 Å². The van der Waals surface area contributed by atoms with E-state index in [0.29, 0.717) is 36.1 Å². The zero-order chi connectivity index (χ0) is 35.5. The number of H-pyrrole nitrogens is 1. The topological polar surface area (TPSA) is 148 Å². The first-order valence-electron chi connectivity index (χ1n) is 16.9. The second-order valence-corrected chi connectivity index (χ2v) is 14.5. The van der Waals surface area contributed by atoms with Gasteiger partial charge in [-0.15, -0.1) is 0 Å². The minimum atomic E-state index is -0.879. The maximum absolute atomic E-state index is 14.1. The van der Waals surface area contributed by atoms with Crippen LogP contribution in [0.4, 0.5) is 9.59 Å². The number of nitrogens with one attached hydrogen (secondary N) is 2. The first-order chi connectivity index (χ1) is 23.7. The van der Waals surface area contributed by atoms with Crippen molar-refractivity contribution >= 4 is 30.6 Å². The fourth-order valence-corrected chi connectivity index (χ4v) is 6.69. The summed E-state index contributed by atoms with van der Waals surface area (Å²) in [6.07, 6.45) is 1.08. The number of alkyl carbamates (subject to hydrolysis) is 1. The number of nitrogens with zero attached hydrogens (tertiary/aromatic N) is 4. The predicted molar refractivity (Wildman–Crippen MR) is 182 cm³/mol. The molecule has 50 heavy (non-hydrogen) atoms. The molecule has 15 heteroatoms. The van der Waals surface area contributed by atoms with Crippen molar-refractivity contribution < 1.29 is 37.9 Å². The number of hydrogen-bond acceptors (Lipinski definition) is 9. The van der Waals surface area contributed by atoms with E-state index in [2.05, 4.69) is 10.3 Å². The van der Waals surface area contributed by atoms with E-state index in [4.69, 9.17) is 28.5 Å². The Morgan fingerprint density at radius 2 is 1.60 bits per heavy atom. The number of aromatic amines is 1. The molecule has 1 aromatic heterocycles. The molecule has 4 amide bonds. The molecule has 1 unspecified atom stereocenters. The second-order valence-electron chi connectivity index (χ2n) is 14.5. The lowest BCUT2D eigenvalue weighted by atomic mass is 9.79. The molecule has 14 nitrogen and oxygen atoms in total. The van der Waals surface area contributed by atoms with E-state index in [9.17, 15) is 14.4 Å². The number of ether oxygens (including phenoxy) is 3. The molecule has 2 saturated heterocycles. The summed E-state index contributed by atoms with van der Waals surface area (Å²) in [5, 5.41) is 2.68. The van der Waals surface area contributed by atoms with Crippen LogP contribution < -0.4 is 20.3 Å². The summed E-state index contributed by atoms with van der Waals surface area (Å²) in [5.74, 6) is 1.28. The number of benzene rings is 2. The first-order valence-corrected chi connectivity index (χ1v) is 16.9. The van der Waals surface area contributed by atoms with Crippen molar-refractivity contribution in [3.8, 4) is 22.8 Å². The first kappa shape index (κ1) is 33.7. The molecule has 3 aromatic rings. The summed E-state index contributed by atoms with van der Waals surface area (Å²) in [4.78, 5) is 53.5. The number of carbonyl (C=O) groups is 3. The monoisotopic (exact) mass is 686 g/mol. The van der Waals surface area contributed by atoms with Gasteiger partial charge >= 0.3 is 19.2 Å². The Balaban J connectivity index is 1.12. The maximum atomic E-state index is 14.1. The number of amides is 4. The zero-order valence-electron chi connectivity index (χ0n) is 29.4. The highest BCUT2D eigenvalue weighted by atomic mass is 16.7. The fraction of sp³-hybridized carbons (Fsp3) is 0.486. The fourth-order valence-electron chi connectivity index (χ4n) is 6.69. The number of hydrogen-bond donors (Lipinski definition) is 2. The molecule has 264 valence electrons. The van der Waals surface area contributed by atoms with Gasteiger partial charge in [-0.3, -0.25) is 4.79 Å². The van der Waals surface area contributed by atoms with Gasteiger partial charge in [-0.2, -0.15) is 0 Å². The highest BCUT2D eigenvalue weighted by molar-refractivity contribution is 6.62. The van der Waals surface area contributed by atoms with Gasteiger partial charge in [0.25, 0.3) is 0 Å². The number of methoxy groups -OCH3 is 1. The Labute approximate surface area is 291 Å². The second kappa shape index (κ2) is 12.5. The van der Waals surface area contributed by atoms with Crippen LogP contribution in [-0.4, -0.2) is 94.2 Å². The lowest BCUT2D eigenvalue weighted by Gasteiger charge is -2.32. The van der Waals surface area contributed by atoms with Crippen LogP contribution in [0.25, 0.3) is 11.3 Å². The summed E-state index contributed by atoms with van der Waals surface area (Å²) < 4.78 is 28.3. The standard InChI is InChI=1S/C35H43BN6O8/c1-20(2)29(39-32(44)46-7)31(43)42-18-41(33(45)40-15-22-12-27-28(48-19-47-27)13-23(22)16-40)17-26(42)30-37-14-25(38-30)21-8-10-24(11-9-21)36-49-34(3,4)35(5,6)50-36/h8-14,20,26,29H,15-19H2,1-7H3,(H,37,38)(H,39,44)/t26-,29?/m0/s1. The van der Waals surface area contributed by atoms with Crippen molar-refractivity contribution in [2.45, 2.75) is 77.9 Å². The van der Waals surface area contributed by atoms with Gasteiger partial charge in [0, 0.05) is 24.8 Å². The van der Waals surface area contributed by atoms with Gasteiger partial charge in [0.05, 0.1) is 37.2 Å². The van der Waals surface area contributed by atoms with Gasteiger partial charge < -0.3 is 48.5 Å². The summed E-state index contributed by atoms with van der Waals surface area (Å²) >= 11 is 0. The predicted octanol–water partition coefficient (Wildman–Crippen LogP) is 3.76. The molecular weight excluding hydrogens is 643 g/mol. The number of imidazole rings is 1. The van der Waals surface area contributed by atoms with E-state index < -0.39 is 36.5 Å². The molecule has 0 spiro atoms. The maximum Gasteiger partial charge on any atom is 0.494 e. The average Bonchev–Trinajstić information content (AvgIpc) is 3.91. The molecule has 7 rings (SSSR count). The van der Waals surface area contributed by atoms with Crippen molar-refractivity contribution in [3.63, 3.8) is 0 Å². The third-order valence-electron chi connectivity index (χ3n) is 10.4. The molecule has 2 N–H and O–H groups in total. The number of urea groups is 1. The van der Waals surface area contributed by atoms with E-state index >= 15 is 0 Å². The minimum Gasteiger partial charge on any atom is -0.454 e. The van der Waals surface area contributed by atoms with Crippen molar-refractivity contribution in [3.05, 3.63) is 59.5 Å². The molecule has 2 aromatic carbocycles. The van der Waals surface area contributed by atoms with Crippen LogP contribution in [0.5, 0.6) is 11.5 Å². The van der Waals surface area contributed by atoms with Crippen LogP contribution in [0.1, 0.15) is 64.5 Å². The van der Waals surface area contributed by atoms with E-state index in [0.717, 1.165) is 22.2 Å². The lowest BCUT2D eigenvalue weighted by Crippen LogP contribution is -2.52. The van der Waals surface area contributed by atoms with E-state index in [1.165, 1.54) is 7.11 Å². The van der Waals surface area contributed by atoms with E-state index in [1.807, 2.05) is 77.9 Å². The van der Waals surface area contributed by atoms with Gasteiger partial charge in [-0.25, -0.2) is 14.6 Å². The van der Waals surface area contributed by atoms with Gasteiger partial charge in [-0.05, 0) is 62.3 Å². The van der Waals surface area contributed by atoms with Gasteiger partial charge in [0.2, 0.25) is 12.7 Å². The van der Waals surface area contributed by atoms with Gasteiger partial charge in [-0.1, -0.05) is 38.1 Å². The quantitative estimate of drug-likeness (QED) is 0.370. The van der Waals surface area contributed by atoms with E-state index in [-0.39, 0.29) is 37.9 Å². The molecule has 2 fully saturated rings. The molecular formula is C35H43BN6O8. The van der Waals surface area contributed by atoms with Crippen LogP contribution in [0.15, 0.2) is 42.6 Å². The Bertz CT molecular complexity index is 1760.